The molecule has 2 heterocycles. The molecule has 0 fully saturated rings. The average molecular weight is 515 g/mol. The Morgan fingerprint density at radius 3 is 2.47 bits per heavy atom. The highest BCUT2D eigenvalue weighted by atomic mass is 16.5. The monoisotopic (exact) mass is 514 g/mol. The summed E-state index contributed by atoms with van der Waals surface area (Å²) in [5.74, 6) is -0.876. The molecule has 2 aromatic carbocycles. The van der Waals surface area contributed by atoms with Gasteiger partial charge < -0.3 is 25.6 Å². The third-order valence-corrected chi connectivity index (χ3v) is 6.28. The Hall–Kier alpha value is -4.57. The van der Waals surface area contributed by atoms with Crippen LogP contribution in [0.4, 0.5) is 21.9 Å². The van der Waals surface area contributed by atoms with E-state index in [1.165, 1.54) is 12.0 Å². The molecule has 0 saturated carbocycles. The molecule has 3 amide bonds. The predicted molar refractivity (Wildman–Crippen MR) is 147 cm³/mol. The fourth-order valence-electron chi connectivity index (χ4n) is 3.89. The van der Waals surface area contributed by atoms with E-state index in [2.05, 4.69) is 25.9 Å². The highest BCUT2D eigenvalue weighted by Crippen LogP contribution is 2.28. The van der Waals surface area contributed by atoms with E-state index in [0.717, 1.165) is 5.69 Å². The van der Waals surface area contributed by atoms with Crippen molar-refractivity contribution in [2.75, 3.05) is 36.2 Å². The molecule has 0 radical (unpaired) electrons. The number of para-hydroxylation sites is 1. The highest BCUT2D eigenvalue weighted by Gasteiger charge is 2.37. The van der Waals surface area contributed by atoms with Crippen LogP contribution in [0.5, 0.6) is 0 Å². The summed E-state index contributed by atoms with van der Waals surface area (Å²) in [6, 6.07) is 19.0. The minimum absolute atomic E-state index is 0.272. The number of methoxy groups -OCH3 is 1. The van der Waals surface area contributed by atoms with Crippen molar-refractivity contribution in [1.82, 2.24) is 10.3 Å². The highest BCUT2D eigenvalue weighted by molar-refractivity contribution is 6.20. The molecule has 3 N–H and O–H groups in total. The van der Waals surface area contributed by atoms with E-state index < -0.39 is 23.7 Å². The second-order valence-corrected chi connectivity index (χ2v) is 9.10. The van der Waals surface area contributed by atoms with Gasteiger partial charge in [0, 0.05) is 37.3 Å². The van der Waals surface area contributed by atoms with Crippen LogP contribution in [0, 0.1) is 0 Å². The van der Waals surface area contributed by atoms with Crippen LogP contribution in [-0.4, -0.2) is 60.9 Å². The predicted octanol–water partition coefficient (Wildman–Crippen LogP) is 3.45. The molecule has 0 aliphatic carbocycles. The summed E-state index contributed by atoms with van der Waals surface area (Å²) in [6.45, 7) is 3.01. The fourth-order valence-corrected chi connectivity index (χ4v) is 3.89. The van der Waals surface area contributed by atoms with Gasteiger partial charge >= 0.3 is 6.03 Å². The number of nitrogens with zero attached hydrogens (tertiary/aromatic N) is 3. The average Bonchev–Trinajstić information content (AvgIpc) is 3.04. The van der Waals surface area contributed by atoms with Gasteiger partial charge in [0.2, 0.25) is 6.17 Å². The van der Waals surface area contributed by atoms with Gasteiger partial charge in [0.25, 0.3) is 5.91 Å². The van der Waals surface area contributed by atoms with Gasteiger partial charge in [-0.3, -0.25) is 14.6 Å². The minimum atomic E-state index is -1.33. The van der Waals surface area contributed by atoms with Crippen molar-refractivity contribution in [2.24, 2.45) is 4.99 Å². The van der Waals surface area contributed by atoms with Crippen molar-refractivity contribution in [3.8, 4) is 0 Å². The van der Waals surface area contributed by atoms with E-state index >= 15 is 0 Å². The van der Waals surface area contributed by atoms with Crippen molar-refractivity contribution >= 4 is 40.5 Å². The molecule has 0 bridgehead atoms. The van der Waals surface area contributed by atoms with E-state index in [-0.39, 0.29) is 12.3 Å². The number of aliphatic imine (C=N–C) groups is 1. The maximum atomic E-state index is 13.9. The Kier molecular flexibility index (Phi) is 7.82. The summed E-state index contributed by atoms with van der Waals surface area (Å²) in [5.41, 5.74) is 2.24. The van der Waals surface area contributed by atoms with Gasteiger partial charge in [0.1, 0.15) is 5.60 Å². The number of hydrogen-bond acceptors (Lipinski definition) is 7. The van der Waals surface area contributed by atoms with E-state index in [1.807, 2.05) is 18.2 Å². The number of Topliss-reactive ketones (excluding diaryl/α,β-unsaturated/α-hetero) is 1. The molecule has 10 nitrogen and oxygen atoms in total. The lowest BCUT2D eigenvalue weighted by Crippen LogP contribution is -2.52. The number of ether oxygens (including phenoxy) is 1. The first-order valence-corrected chi connectivity index (χ1v) is 12.1. The maximum Gasteiger partial charge on any atom is 0.321 e. The lowest BCUT2D eigenvalue weighted by Gasteiger charge is -2.29. The molecule has 10 heteroatoms. The van der Waals surface area contributed by atoms with Gasteiger partial charge in [-0.15, -0.1) is 0 Å². The number of fused-ring (bicyclic) bond motifs is 1. The number of carbonyl (C=O) groups is 3. The summed E-state index contributed by atoms with van der Waals surface area (Å²) in [7, 11) is 3.21. The fraction of sp³-hybridized carbons (Fsp3) is 0.250. The third kappa shape index (κ3) is 5.70. The van der Waals surface area contributed by atoms with E-state index in [9.17, 15) is 14.4 Å². The minimum Gasteiger partial charge on any atom is -0.388 e. The Bertz CT molecular complexity index is 1370. The van der Waals surface area contributed by atoms with Crippen LogP contribution >= 0.6 is 0 Å². The lowest BCUT2D eigenvalue weighted by atomic mass is 10.0. The molecule has 1 aliphatic rings. The van der Waals surface area contributed by atoms with Crippen LogP contribution in [0.15, 0.2) is 77.9 Å². The number of carbonyl (C=O) groups excluding carboxylic acids is 3. The van der Waals surface area contributed by atoms with Crippen molar-refractivity contribution < 1.29 is 19.1 Å². The van der Waals surface area contributed by atoms with Gasteiger partial charge in [0.15, 0.2) is 5.78 Å². The van der Waals surface area contributed by atoms with Crippen LogP contribution < -0.4 is 20.9 Å². The Morgan fingerprint density at radius 2 is 1.76 bits per heavy atom. The number of rotatable bonds is 8. The first-order chi connectivity index (χ1) is 18.2. The number of anilines is 3. The Morgan fingerprint density at radius 1 is 1.03 bits per heavy atom. The number of hydrogen-bond donors (Lipinski definition) is 3. The zero-order valence-electron chi connectivity index (χ0n) is 21.7. The molecule has 196 valence electrons. The first kappa shape index (κ1) is 26.5. The molecule has 1 atom stereocenters. The largest absolute Gasteiger partial charge is 0.388 e. The van der Waals surface area contributed by atoms with Crippen LogP contribution in [0.3, 0.4) is 0 Å². The number of benzene rings is 2. The SMILES string of the molecule is CNc1cccc(NC(=O)NC2N=C(c3ccccn3)c3ccccc3N(CC(=O)C(C)(C)OC)C2=O)c1. The Labute approximate surface area is 221 Å². The zero-order chi connectivity index (χ0) is 27.3. The maximum absolute atomic E-state index is 13.9. The van der Waals surface area contributed by atoms with E-state index in [0.29, 0.717) is 28.3 Å². The zero-order valence-corrected chi connectivity index (χ0v) is 21.7. The van der Waals surface area contributed by atoms with E-state index in [4.69, 9.17) is 4.74 Å². The molecule has 38 heavy (non-hydrogen) atoms. The van der Waals surface area contributed by atoms with Crippen molar-refractivity contribution in [3.63, 3.8) is 0 Å². The number of nitrogens with one attached hydrogen (secondary N) is 3. The molecule has 1 aliphatic heterocycles. The van der Waals surface area contributed by atoms with Crippen LogP contribution in [-0.2, 0) is 14.3 Å². The van der Waals surface area contributed by atoms with E-state index in [1.54, 1.807) is 75.6 Å². The molecule has 1 aromatic heterocycles. The third-order valence-electron chi connectivity index (χ3n) is 6.28. The smallest absolute Gasteiger partial charge is 0.321 e. The molecule has 1 unspecified atom stereocenters. The molecule has 0 saturated heterocycles. The molecular formula is C28H30N6O4. The number of urea groups is 1. The number of pyridine rings is 1. The second kappa shape index (κ2) is 11.2. The molecule has 0 spiro atoms. The van der Waals surface area contributed by atoms with Crippen LogP contribution in [0.1, 0.15) is 25.1 Å². The van der Waals surface area contributed by atoms with Crippen molar-refractivity contribution in [1.29, 1.82) is 0 Å². The summed E-state index contributed by atoms with van der Waals surface area (Å²) in [4.78, 5) is 50.4. The number of aromatic nitrogens is 1. The number of ketones is 1. The van der Waals surface area contributed by atoms with Gasteiger partial charge in [-0.1, -0.05) is 30.3 Å². The Balaban J connectivity index is 1.74. The van der Waals surface area contributed by atoms with Crippen molar-refractivity contribution in [2.45, 2.75) is 25.6 Å². The molecule has 3 aromatic rings. The van der Waals surface area contributed by atoms with Gasteiger partial charge in [0.05, 0.1) is 23.6 Å². The normalized spacial score (nSPS) is 15.2. The number of benzodiazepines with no additional fused rings is 1. The van der Waals surface area contributed by atoms with Gasteiger partial charge in [-0.25, -0.2) is 9.79 Å². The number of amides is 3. The second-order valence-electron chi connectivity index (χ2n) is 9.10. The molecule has 4 rings (SSSR count). The van der Waals surface area contributed by atoms with Gasteiger partial charge in [-0.05, 0) is 50.2 Å². The topological polar surface area (TPSA) is 125 Å². The summed E-state index contributed by atoms with van der Waals surface area (Å²) in [6.07, 6.45) is 0.296. The van der Waals surface area contributed by atoms with Gasteiger partial charge in [-0.2, -0.15) is 0 Å². The first-order valence-electron chi connectivity index (χ1n) is 12.1. The molecular weight excluding hydrogens is 484 g/mol. The summed E-state index contributed by atoms with van der Waals surface area (Å²) < 4.78 is 5.35. The summed E-state index contributed by atoms with van der Waals surface area (Å²) in [5, 5.41) is 8.41. The van der Waals surface area contributed by atoms with Crippen LogP contribution in [0.25, 0.3) is 0 Å². The van der Waals surface area contributed by atoms with Crippen molar-refractivity contribution in [3.05, 3.63) is 84.2 Å². The summed E-state index contributed by atoms with van der Waals surface area (Å²) >= 11 is 0. The quantitative estimate of drug-likeness (QED) is 0.423. The standard InChI is InChI=1S/C28H30N6O4/c1-28(2,38-4)23(35)17-34-22-14-6-5-12-20(22)24(21-13-7-8-15-30-21)32-25(26(34)36)33-27(37)31-19-11-9-10-18(16-19)29-3/h5-16,25,29H,17H2,1-4H3,(H2,31,33,37). The van der Waals surface area contributed by atoms with Crippen LogP contribution in [0.2, 0.25) is 0 Å². The lowest BCUT2D eigenvalue weighted by molar-refractivity contribution is -0.136.